The first kappa shape index (κ1) is 12.4. The van der Waals surface area contributed by atoms with E-state index in [1.165, 1.54) is 6.26 Å². The van der Waals surface area contributed by atoms with Crippen LogP contribution in [-0.4, -0.2) is 5.11 Å². The van der Waals surface area contributed by atoms with E-state index >= 15 is 0 Å². The highest BCUT2D eigenvalue weighted by Crippen LogP contribution is 2.24. The lowest BCUT2D eigenvalue weighted by atomic mass is 10.2. The van der Waals surface area contributed by atoms with Gasteiger partial charge >= 0.3 is 0 Å². The number of fused-ring (bicyclic) bond motifs is 1. The Labute approximate surface area is 114 Å². The molecule has 0 saturated carbocycles. The zero-order chi connectivity index (χ0) is 13.9. The van der Waals surface area contributed by atoms with E-state index in [1.54, 1.807) is 18.2 Å². The van der Waals surface area contributed by atoms with Crippen molar-refractivity contribution in [3.8, 4) is 11.5 Å². The molecule has 4 nitrogen and oxygen atoms in total. The Kier molecular flexibility index (Phi) is 3.23. The first-order chi connectivity index (χ1) is 9.78. The summed E-state index contributed by atoms with van der Waals surface area (Å²) in [5, 5.41) is 9.47. The molecule has 0 spiro atoms. The maximum atomic E-state index is 12.0. The molecule has 0 radical (unpaired) electrons. The molecule has 1 N–H and O–H groups in total. The summed E-state index contributed by atoms with van der Waals surface area (Å²) in [4.78, 5) is 12.0. The molecule has 3 aromatic rings. The fraction of sp³-hybridized carbons (Fsp3) is 0.0625. The van der Waals surface area contributed by atoms with E-state index in [1.807, 2.05) is 30.3 Å². The third kappa shape index (κ3) is 2.29. The fourth-order valence-corrected chi connectivity index (χ4v) is 1.95. The van der Waals surface area contributed by atoms with Crippen LogP contribution in [0.25, 0.3) is 11.0 Å². The molecule has 0 aliphatic heterocycles. The van der Waals surface area contributed by atoms with Gasteiger partial charge in [-0.1, -0.05) is 18.2 Å². The van der Waals surface area contributed by atoms with Crippen LogP contribution in [0.3, 0.4) is 0 Å². The van der Waals surface area contributed by atoms with Gasteiger partial charge in [-0.3, -0.25) is 4.79 Å². The van der Waals surface area contributed by atoms with E-state index in [0.717, 1.165) is 0 Å². The van der Waals surface area contributed by atoms with Crippen LogP contribution >= 0.6 is 0 Å². The van der Waals surface area contributed by atoms with Gasteiger partial charge in [0.25, 0.3) is 0 Å². The van der Waals surface area contributed by atoms with Crippen molar-refractivity contribution in [2.45, 2.75) is 6.61 Å². The van der Waals surface area contributed by atoms with Crippen molar-refractivity contribution in [1.29, 1.82) is 0 Å². The van der Waals surface area contributed by atoms with E-state index in [-0.39, 0.29) is 17.6 Å². The highest BCUT2D eigenvalue weighted by molar-refractivity contribution is 5.78. The van der Waals surface area contributed by atoms with Gasteiger partial charge in [0.1, 0.15) is 23.3 Å². The first-order valence-corrected chi connectivity index (χ1v) is 6.16. The van der Waals surface area contributed by atoms with E-state index in [4.69, 9.17) is 14.3 Å². The monoisotopic (exact) mass is 268 g/mol. The largest absolute Gasteiger partial charge is 0.464 e. The van der Waals surface area contributed by atoms with Crippen molar-refractivity contribution in [2.75, 3.05) is 0 Å². The second-order valence-corrected chi connectivity index (χ2v) is 4.32. The van der Waals surface area contributed by atoms with Crippen molar-refractivity contribution in [3.63, 3.8) is 0 Å². The van der Waals surface area contributed by atoms with Crippen LogP contribution in [0, 0.1) is 0 Å². The number of ether oxygens (including phenoxy) is 1. The molecule has 0 aliphatic rings. The second-order valence-electron chi connectivity index (χ2n) is 4.32. The number of aliphatic hydroxyl groups is 1. The van der Waals surface area contributed by atoms with Crippen LogP contribution in [0.5, 0.6) is 11.5 Å². The average Bonchev–Trinajstić information content (AvgIpc) is 2.49. The van der Waals surface area contributed by atoms with Gasteiger partial charge in [-0.25, -0.2) is 0 Å². The molecule has 0 atom stereocenters. The molecule has 0 fully saturated rings. The number of aliphatic hydroxyl groups excluding tert-OH is 1. The predicted octanol–water partition coefficient (Wildman–Crippen LogP) is 3.08. The third-order valence-electron chi connectivity index (χ3n) is 2.97. The van der Waals surface area contributed by atoms with Crippen molar-refractivity contribution >= 4 is 11.0 Å². The number of hydrogen-bond acceptors (Lipinski definition) is 4. The van der Waals surface area contributed by atoms with Crippen LogP contribution in [0.4, 0.5) is 0 Å². The van der Waals surface area contributed by atoms with E-state index in [2.05, 4.69) is 0 Å². The molecule has 1 aromatic heterocycles. The first-order valence-electron chi connectivity index (χ1n) is 6.16. The zero-order valence-corrected chi connectivity index (χ0v) is 10.6. The molecular weight excluding hydrogens is 256 g/mol. The Hall–Kier alpha value is -2.59. The molecule has 0 amide bonds. The van der Waals surface area contributed by atoms with Gasteiger partial charge in [0.05, 0.1) is 17.6 Å². The second kappa shape index (κ2) is 5.19. The van der Waals surface area contributed by atoms with Crippen LogP contribution in [0.2, 0.25) is 0 Å². The van der Waals surface area contributed by atoms with Gasteiger partial charge in [0.15, 0.2) is 5.43 Å². The van der Waals surface area contributed by atoms with Crippen LogP contribution in [0.15, 0.2) is 64.0 Å². The summed E-state index contributed by atoms with van der Waals surface area (Å²) in [6.45, 7) is -0.333. The highest BCUT2D eigenvalue weighted by atomic mass is 16.5. The van der Waals surface area contributed by atoms with Gasteiger partial charge in [0, 0.05) is 6.07 Å². The summed E-state index contributed by atoms with van der Waals surface area (Å²) in [5.74, 6) is 1.30. The summed E-state index contributed by atoms with van der Waals surface area (Å²) in [5.41, 5.74) is 0.454. The normalized spacial score (nSPS) is 10.7. The number of para-hydroxylation sites is 1. The minimum atomic E-state index is -0.333. The van der Waals surface area contributed by atoms with E-state index in [0.29, 0.717) is 22.5 Å². The summed E-state index contributed by atoms with van der Waals surface area (Å²) in [7, 11) is 0. The van der Waals surface area contributed by atoms with Crippen molar-refractivity contribution in [3.05, 3.63) is 70.6 Å². The standard InChI is InChI=1S/C16H12O4/c17-9-11-10-19-15-8-13(6-7-14(15)16(11)18)20-12-4-2-1-3-5-12/h1-8,10,17H,9H2. The Balaban J connectivity index is 2.02. The van der Waals surface area contributed by atoms with Gasteiger partial charge in [-0.15, -0.1) is 0 Å². The van der Waals surface area contributed by atoms with Crippen LogP contribution < -0.4 is 10.2 Å². The zero-order valence-electron chi connectivity index (χ0n) is 10.6. The smallest absolute Gasteiger partial charge is 0.198 e. The summed E-state index contributed by atoms with van der Waals surface area (Å²) in [6.07, 6.45) is 1.27. The van der Waals surface area contributed by atoms with Crippen molar-refractivity contribution in [1.82, 2.24) is 0 Å². The van der Waals surface area contributed by atoms with E-state index in [9.17, 15) is 4.79 Å². The minimum Gasteiger partial charge on any atom is -0.464 e. The summed E-state index contributed by atoms with van der Waals surface area (Å²) < 4.78 is 11.0. The summed E-state index contributed by atoms with van der Waals surface area (Å²) in [6, 6.07) is 14.3. The van der Waals surface area contributed by atoms with Gasteiger partial charge in [-0.05, 0) is 24.3 Å². The molecular formula is C16H12O4. The van der Waals surface area contributed by atoms with Crippen LogP contribution in [0.1, 0.15) is 5.56 Å². The molecule has 2 aromatic carbocycles. The van der Waals surface area contributed by atoms with Gasteiger partial charge in [0.2, 0.25) is 0 Å². The number of benzene rings is 2. The van der Waals surface area contributed by atoms with Gasteiger partial charge in [-0.2, -0.15) is 0 Å². The molecule has 1 heterocycles. The Morgan fingerprint density at radius 1 is 1.05 bits per heavy atom. The molecule has 0 bridgehead atoms. The Bertz CT molecular complexity index is 790. The lowest BCUT2D eigenvalue weighted by Crippen LogP contribution is -2.08. The topological polar surface area (TPSA) is 59.7 Å². The highest BCUT2D eigenvalue weighted by Gasteiger charge is 2.07. The summed E-state index contributed by atoms with van der Waals surface area (Å²) >= 11 is 0. The Morgan fingerprint density at radius 3 is 2.60 bits per heavy atom. The molecule has 3 rings (SSSR count). The molecule has 0 aliphatic carbocycles. The number of hydrogen-bond donors (Lipinski definition) is 1. The van der Waals surface area contributed by atoms with E-state index < -0.39 is 0 Å². The lowest BCUT2D eigenvalue weighted by molar-refractivity contribution is 0.277. The molecule has 20 heavy (non-hydrogen) atoms. The van der Waals surface area contributed by atoms with Crippen molar-refractivity contribution in [2.24, 2.45) is 0 Å². The molecule has 0 unspecified atom stereocenters. The molecule has 4 heteroatoms. The SMILES string of the molecule is O=c1c(CO)coc2cc(Oc3ccccc3)ccc12. The Morgan fingerprint density at radius 2 is 1.85 bits per heavy atom. The number of rotatable bonds is 3. The van der Waals surface area contributed by atoms with Gasteiger partial charge < -0.3 is 14.3 Å². The maximum absolute atomic E-state index is 12.0. The average molecular weight is 268 g/mol. The molecule has 100 valence electrons. The quantitative estimate of drug-likeness (QED) is 0.793. The third-order valence-corrected chi connectivity index (χ3v) is 2.97. The fourth-order valence-electron chi connectivity index (χ4n) is 1.95. The van der Waals surface area contributed by atoms with Crippen LogP contribution in [-0.2, 0) is 6.61 Å². The maximum Gasteiger partial charge on any atom is 0.198 e. The lowest BCUT2D eigenvalue weighted by Gasteiger charge is -2.06. The molecule has 0 saturated heterocycles. The predicted molar refractivity (Wildman–Crippen MR) is 74.9 cm³/mol. The minimum absolute atomic E-state index is 0.222. The van der Waals surface area contributed by atoms with Crippen molar-refractivity contribution < 1.29 is 14.3 Å².